The minimum atomic E-state index is 0.573. The monoisotopic (exact) mass is 335 g/mol. The number of allylic oxidation sites excluding steroid dienone is 1. The first kappa shape index (κ1) is 15.6. The number of fused-ring (bicyclic) bond motifs is 2. The number of nitrogens with zero attached hydrogens (tertiary/aromatic N) is 2. The van der Waals surface area contributed by atoms with E-state index >= 15 is 0 Å². The van der Waals surface area contributed by atoms with E-state index in [1.54, 1.807) is 0 Å². The molecule has 4 rings (SSSR count). The summed E-state index contributed by atoms with van der Waals surface area (Å²) in [6.45, 7) is 7.96. The van der Waals surface area contributed by atoms with Gasteiger partial charge in [-0.3, -0.25) is 0 Å². The van der Waals surface area contributed by atoms with Crippen LogP contribution in [0.25, 0.3) is 11.0 Å². The van der Waals surface area contributed by atoms with Gasteiger partial charge in [-0.25, -0.2) is 4.98 Å². The van der Waals surface area contributed by atoms with E-state index in [9.17, 15) is 0 Å². The molecule has 5 heteroatoms. The molecular weight excluding hydrogens is 314 g/mol. The Morgan fingerprint density at radius 3 is 2.52 bits per heavy atom. The third-order valence-electron chi connectivity index (χ3n) is 4.26. The number of aromatic nitrogens is 2. The van der Waals surface area contributed by atoms with Gasteiger partial charge < -0.3 is 19.8 Å². The lowest BCUT2D eigenvalue weighted by molar-refractivity contribution is 0.172. The second-order valence-corrected chi connectivity index (χ2v) is 6.47. The van der Waals surface area contributed by atoms with Crippen LogP contribution in [0.5, 0.6) is 11.5 Å². The fraction of sp³-hybridized carbons (Fsp3) is 0.250. The van der Waals surface area contributed by atoms with Gasteiger partial charge in [0.15, 0.2) is 11.5 Å². The molecule has 1 aliphatic heterocycles. The molecule has 0 aliphatic carbocycles. The maximum absolute atomic E-state index is 5.79. The van der Waals surface area contributed by atoms with Crippen molar-refractivity contribution in [3.05, 3.63) is 59.9 Å². The smallest absolute Gasteiger partial charge is 0.163 e. The van der Waals surface area contributed by atoms with Crippen molar-refractivity contribution in [2.45, 2.75) is 19.9 Å². The first-order chi connectivity index (χ1) is 12.1. The van der Waals surface area contributed by atoms with E-state index in [0.717, 1.165) is 52.6 Å². The van der Waals surface area contributed by atoms with Crippen LogP contribution in [0.4, 0.5) is 5.69 Å². The zero-order chi connectivity index (χ0) is 17.4. The SMILES string of the molecule is C=C(C)Cn1c(Cc2ccc(N)cc2)nc2cc3c(cc21)OCCO3. The molecule has 128 valence electrons. The van der Waals surface area contributed by atoms with E-state index in [1.165, 1.54) is 5.56 Å². The highest BCUT2D eigenvalue weighted by molar-refractivity contribution is 5.81. The van der Waals surface area contributed by atoms with Crippen LogP contribution in [-0.2, 0) is 13.0 Å². The maximum Gasteiger partial charge on any atom is 0.163 e. The molecule has 1 aliphatic rings. The van der Waals surface area contributed by atoms with Gasteiger partial charge in [0.2, 0.25) is 0 Å². The van der Waals surface area contributed by atoms with Gasteiger partial charge >= 0.3 is 0 Å². The van der Waals surface area contributed by atoms with E-state index in [1.807, 2.05) is 43.3 Å². The van der Waals surface area contributed by atoms with E-state index < -0.39 is 0 Å². The van der Waals surface area contributed by atoms with Crippen molar-refractivity contribution >= 4 is 16.7 Å². The highest BCUT2D eigenvalue weighted by Crippen LogP contribution is 2.35. The molecule has 0 saturated carbocycles. The van der Waals surface area contributed by atoms with Crippen LogP contribution in [0.15, 0.2) is 48.6 Å². The van der Waals surface area contributed by atoms with Crippen molar-refractivity contribution in [1.29, 1.82) is 0 Å². The largest absolute Gasteiger partial charge is 0.486 e. The van der Waals surface area contributed by atoms with Crippen LogP contribution < -0.4 is 15.2 Å². The number of anilines is 1. The standard InChI is InChI=1S/C20H21N3O2/c1-13(2)12-23-17-11-19-18(24-7-8-25-19)10-16(17)22-20(23)9-14-3-5-15(21)6-4-14/h3-6,10-11H,1,7-9,12,21H2,2H3. The molecule has 25 heavy (non-hydrogen) atoms. The Morgan fingerprint density at radius 1 is 1.16 bits per heavy atom. The Balaban J connectivity index is 1.81. The summed E-state index contributed by atoms with van der Waals surface area (Å²) < 4.78 is 13.6. The molecule has 1 aromatic heterocycles. The fourth-order valence-electron chi connectivity index (χ4n) is 3.11. The van der Waals surface area contributed by atoms with Crippen LogP contribution in [0.3, 0.4) is 0 Å². The molecule has 0 amide bonds. The van der Waals surface area contributed by atoms with E-state index in [4.69, 9.17) is 20.2 Å². The molecule has 3 aromatic rings. The minimum Gasteiger partial charge on any atom is -0.486 e. The number of rotatable bonds is 4. The van der Waals surface area contributed by atoms with Gasteiger partial charge in [0.25, 0.3) is 0 Å². The normalized spacial score (nSPS) is 13.2. The molecule has 2 aromatic carbocycles. The van der Waals surface area contributed by atoms with Crippen molar-refractivity contribution in [3.63, 3.8) is 0 Å². The van der Waals surface area contributed by atoms with Gasteiger partial charge in [0, 0.05) is 30.8 Å². The molecule has 2 heterocycles. The Labute approximate surface area is 146 Å². The predicted octanol–water partition coefficient (Wildman–Crippen LogP) is 3.56. The quantitative estimate of drug-likeness (QED) is 0.585. The summed E-state index contributed by atoms with van der Waals surface area (Å²) in [5.41, 5.74) is 10.8. The van der Waals surface area contributed by atoms with Crippen LogP contribution in [0, 0.1) is 0 Å². The minimum absolute atomic E-state index is 0.573. The molecule has 0 spiro atoms. The summed E-state index contributed by atoms with van der Waals surface area (Å²) in [6, 6.07) is 11.9. The van der Waals surface area contributed by atoms with Gasteiger partial charge in [0.1, 0.15) is 19.0 Å². The zero-order valence-corrected chi connectivity index (χ0v) is 14.3. The molecule has 0 bridgehead atoms. The number of imidazole rings is 1. The number of ether oxygens (including phenoxy) is 2. The van der Waals surface area contributed by atoms with E-state index in [0.29, 0.717) is 13.2 Å². The van der Waals surface area contributed by atoms with Crippen molar-refractivity contribution in [1.82, 2.24) is 9.55 Å². The van der Waals surface area contributed by atoms with Gasteiger partial charge in [-0.05, 0) is 24.6 Å². The molecule has 0 unspecified atom stereocenters. The van der Waals surface area contributed by atoms with Gasteiger partial charge in [-0.2, -0.15) is 0 Å². The summed E-state index contributed by atoms with van der Waals surface area (Å²) in [7, 11) is 0. The molecule has 0 radical (unpaired) electrons. The fourth-order valence-corrected chi connectivity index (χ4v) is 3.11. The second kappa shape index (κ2) is 6.16. The second-order valence-electron chi connectivity index (χ2n) is 6.47. The molecule has 0 fully saturated rings. The van der Waals surface area contributed by atoms with Crippen molar-refractivity contribution in [2.75, 3.05) is 18.9 Å². The first-order valence-electron chi connectivity index (χ1n) is 8.38. The van der Waals surface area contributed by atoms with Crippen molar-refractivity contribution < 1.29 is 9.47 Å². The van der Waals surface area contributed by atoms with Gasteiger partial charge in [-0.15, -0.1) is 0 Å². The topological polar surface area (TPSA) is 62.3 Å². The van der Waals surface area contributed by atoms with Crippen LogP contribution >= 0.6 is 0 Å². The van der Waals surface area contributed by atoms with Gasteiger partial charge in [-0.1, -0.05) is 24.3 Å². The number of hydrogen-bond acceptors (Lipinski definition) is 4. The van der Waals surface area contributed by atoms with Crippen molar-refractivity contribution in [3.8, 4) is 11.5 Å². The summed E-state index contributed by atoms with van der Waals surface area (Å²) in [5.74, 6) is 2.53. The highest BCUT2D eigenvalue weighted by Gasteiger charge is 2.18. The summed E-state index contributed by atoms with van der Waals surface area (Å²) >= 11 is 0. The highest BCUT2D eigenvalue weighted by atomic mass is 16.6. The first-order valence-corrected chi connectivity index (χ1v) is 8.38. The lowest BCUT2D eigenvalue weighted by Gasteiger charge is -2.18. The van der Waals surface area contributed by atoms with Crippen LogP contribution in [-0.4, -0.2) is 22.8 Å². The Kier molecular flexibility index (Phi) is 3.84. The number of nitrogen functional groups attached to an aromatic ring is 1. The third-order valence-corrected chi connectivity index (χ3v) is 4.26. The van der Waals surface area contributed by atoms with Crippen molar-refractivity contribution in [2.24, 2.45) is 0 Å². The molecule has 2 N–H and O–H groups in total. The van der Waals surface area contributed by atoms with Crippen LogP contribution in [0.2, 0.25) is 0 Å². The lowest BCUT2D eigenvalue weighted by Crippen LogP contribution is -2.15. The van der Waals surface area contributed by atoms with E-state index in [2.05, 4.69) is 11.1 Å². The summed E-state index contributed by atoms with van der Waals surface area (Å²) in [5, 5.41) is 0. The Bertz CT molecular complexity index is 942. The molecular formula is C20H21N3O2. The molecule has 0 saturated heterocycles. The number of nitrogens with two attached hydrogens (primary N) is 1. The summed E-state index contributed by atoms with van der Waals surface area (Å²) in [6.07, 6.45) is 0.731. The molecule has 5 nitrogen and oxygen atoms in total. The summed E-state index contributed by atoms with van der Waals surface area (Å²) in [4.78, 5) is 4.85. The van der Waals surface area contributed by atoms with E-state index in [-0.39, 0.29) is 0 Å². The molecule has 0 atom stereocenters. The van der Waals surface area contributed by atoms with Gasteiger partial charge in [0.05, 0.1) is 11.0 Å². The lowest BCUT2D eigenvalue weighted by atomic mass is 10.1. The Morgan fingerprint density at radius 2 is 1.84 bits per heavy atom. The third kappa shape index (κ3) is 3.05. The average molecular weight is 335 g/mol. The average Bonchev–Trinajstić information content (AvgIpc) is 2.91. The zero-order valence-electron chi connectivity index (χ0n) is 14.3. The van der Waals surface area contributed by atoms with Crippen LogP contribution in [0.1, 0.15) is 18.3 Å². The number of benzene rings is 2. The Hall–Kier alpha value is -2.95. The maximum atomic E-state index is 5.79. The predicted molar refractivity (Wildman–Crippen MR) is 99.2 cm³/mol. The number of hydrogen-bond donors (Lipinski definition) is 1.